The van der Waals surface area contributed by atoms with E-state index >= 15 is 0 Å². The molecule has 9 heteroatoms. The standard InChI is InChI=1S/C20H21Cl2N5OS/c1-10(2)5-13-6-11(3)18(14(21)7-13)27-19(28)15-9-23-20(29-15)26-17-8-16(22)24-12(4)25-17/h6-10H,5H2,1-4H3,(H,27,28)(H,23,24,25,26). The highest BCUT2D eigenvalue weighted by Crippen LogP contribution is 2.30. The molecule has 0 unspecified atom stereocenters. The molecule has 0 bridgehead atoms. The van der Waals surface area contributed by atoms with Gasteiger partial charge in [-0.25, -0.2) is 15.0 Å². The first-order valence-corrected chi connectivity index (χ1v) is 10.6. The molecule has 1 aromatic carbocycles. The lowest BCUT2D eigenvalue weighted by atomic mass is 10.0. The monoisotopic (exact) mass is 449 g/mol. The average molecular weight is 450 g/mol. The van der Waals surface area contributed by atoms with Crippen molar-refractivity contribution < 1.29 is 4.79 Å². The van der Waals surface area contributed by atoms with Gasteiger partial charge in [-0.15, -0.1) is 0 Å². The molecule has 0 aliphatic carbocycles. The van der Waals surface area contributed by atoms with Gasteiger partial charge in [-0.2, -0.15) is 0 Å². The molecular weight excluding hydrogens is 429 g/mol. The van der Waals surface area contributed by atoms with Crippen molar-refractivity contribution >= 4 is 57.1 Å². The number of nitrogens with one attached hydrogen (secondary N) is 2. The average Bonchev–Trinajstić information content (AvgIpc) is 3.05. The summed E-state index contributed by atoms with van der Waals surface area (Å²) < 4.78 is 0. The smallest absolute Gasteiger partial charge is 0.267 e. The van der Waals surface area contributed by atoms with Crippen LogP contribution < -0.4 is 10.6 Å². The SMILES string of the molecule is Cc1nc(Cl)cc(Nc2ncc(C(=O)Nc3c(C)cc(CC(C)C)cc3Cl)s2)n1. The van der Waals surface area contributed by atoms with Gasteiger partial charge < -0.3 is 10.6 Å². The molecule has 6 nitrogen and oxygen atoms in total. The summed E-state index contributed by atoms with van der Waals surface area (Å²) in [5, 5.41) is 7.33. The molecule has 0 spiro atoms. The highest BCUT2D eigenvalue weighted by atomic mass is 35.5. The van der Waals surface area contributed by atoms with E-state index in [0.29, 0.717) is 43.4 Å². The van der Waals surface area contributed by atoms with Crippen LogP contribution in [0.4, 0.5) is 16.6 Å². The minimum atomic E-state index is -0.269. The molecule has 0 saturated carbocycles. The second-order valence-corrected chi connectivity index (χ2v) is 8.92. The maximum absolute atomic E-state index is 12.7. The number of thiazole rings is 1. The molecule has 29 heavy (non-hydrogen) atoms. The van der Waals surface area contributed by atoms with Gasteiger partial charge in [-0.05, 0) is 43.4 Å². The number of aromatic nitrogens is 3. The van der Waals surface area contributed by atoms with Gasteiger partial charge in [0.2, 0.25) is 0 Å². The maximum atomic E-state index is 12.7. The van der Waals surface area contributed by atoms with Gasteiger partial charge in [0.05, 0.1) is 16.9 Å². The quantitative estimate of drug-likeness (QED) is 0.447. The zero-order chi connectivity index (χ0) is 21.1. The molecule has 2 heterocycles. The van der Waals surface area contributed by atoms with Gasteiger partial charge in [0.25, 0.3) is 5.91 Å². The van der Waals surface area contributed by atoms with E-state index in [1.807, 2.05) is 13.0 Å². The first kappa shape index (κ1) is 21.5. The van der Waals surface area contributed by atoms with Crippen LogP contribution in [0.5, 0.6) is 0 Å². The predicted octanol–water partition coefficient (Wildman–Crippen LogP) is 6.05. The Bertz CT molecular complexity index is 1010. The summed E-state index contributed by atoms with van der Waals surface area (Å²) in [6.45, 7) is 8.00. The van der Waals surface area contributed by atoms with Crippen LogP contribution >= 0.6 is 34.5 Å². The van der Waals surface area contributed by atoms with Gasteiger partial charge in [0.1, 0.15) is 21.7 Å². The molecule has 2 aromatic heterocycles. The molecule has 2 N–H and O–H groups in total. The highest BCUT2D eigenvalue weighted by molar-refractivity contribution is 7.17. The third-order valence-corrected chi connectivity index (χ3v) is 5.40. The number of anilines is 3. The zero-order valence-electron chi connectivity index (χ0n) is 16.5. The fourth-order valence-corrected chi connectivity index (χ4v) is 4.16. The predicted molar refractivity (Wildman–Crippen MR) is 120 cm³/mol. The number of halogens is 2. The second-order valence-electron chi connectivity index (χ2n) is 7.10. The summed E-state index contributed by atoms with van der Waals surface area (Å²) in [6.07, 6.45) is 2.44. The lowest BCUT2D eigenvalue weighted by molar-refractivity contribution is 0.103. The number of carbonyl (C=O) groups excluding carboxylic acids is 1. The van der Waals surface area contributed by atoms with Crippen molar-refractivity contribution in [3.05, 3.63) is 56.4 Å². The number of hydrogen-bond acceptors (Lipinski definition) is 6. The van der Waals surface area contributed by atoms with Crippen molar-refractivity contribution in [1.29, 1.82) is 0 Å². The maximum Gasteiger partial charge on any atom is 0.267 e. The number of carbonyl (C=O) groups is 1. The highest BCUT2D eigenvalue weighted by Gasteiger charge is 2.15. The third-order valence-electron chi connectivity index (χ3n) is 4.00. The normalized spacial score (nSPS) is 11.0. The zero-order valence-corrected chi connectivity index (χ0v) is 18.8. The van der Waals surface area contributed by atoms with Crippen LogP contribution in [-0.4, -0.2) is 20.9 Å². The van der Waals surface area contributed by atoms with Gasteiger partial charge >= 0.3 is 0 Å². The molecule has 3 rings (SSSR count). The second kappa shape index (κ2) is 9.07. The Hall–Kier alpha value is -2.22. The summed E-state index contributed by atoms with van der Waals surface area (Å²) in [6, 6.07) is 5.56. The summed E-state index contributed by atoms with van der Waals surface area (Å²) in [5.74, 6) is 1.32. The molecule has 3 aromatic rings. The van der Waals surface area contributed by atoms with Crippen molar-refractivity contribution in [3.63, 3.8) is 0 Å². The Balaban J connectivity index is 1.73. The number of benzene rings is 1. The van der Waals surface area contributed by atoms with Crippen molar-refractivity contribution in [2.45, 2.75) is 34.1 Å². The number of amides is 1. The lowest BCUT2D eigenvalue weighted by Crippen LogP contribution is -2.12. The molecular formula is C20H21Cl2N5OS. The number of nitrogens with zero attached hydrogens (tertiary/aromatic N) is 3. The number of hydrogen-bond donors (Lipinski definition) is 2. The van der Waals surface area contributed by atoms with Crippen LogP contribution in [0.1, 0.15) is 40.5 Å². The first-order chi connectivity index (χ1) is 13.7. The van der Waals surface area contributed by atoms with Crippen LogP contribution in [0.15, 0.2) is 24.4 Å². The van der Waals surface area contributed by atoms with E-state index in [9.17, 15) is 4.79 Å². The fourth-order valence-electron chi connectivity index (χ4n) is 2.88. The van der Waals surface area contributed by atoms with Crippen LogP contribution in [-0.2, 0) is 6.42 Å². The molecule has 0 fully saturated rings. The van der Waals surface area contributed by atoms with Gasteiger partial charge in [0.15, 0.2) is 5.13 Å². The van der Waals surface area contributed by atoms with Gasteiger partial charge in [-0.1, -0.05) is 54.5 Å². The van der Waals surface area contributed by atoms with E-state index in [4.69, 9.17) is 23.2 Å². The van der Waals surface area contributed by atoms with Crippen molar-refractivity contribution in [2.75, 3.05) is 10.6 Å². The van der Waals surface area contributed by atoms with E-state index in [1.165, 1.54) is 17.5 Å². The summed E-state index contributed by atoms with van der Waals surface area (Å²) >= 11 is 13.6. The topological polar surface area (TPSA) is 79.8 Å². The molecule has 1 amide bonds. The van der Waals surface area contributed by atoms with Crippen LogP contribution in [0.25, 0.3) is 0 Å². The molecule has 0 atom stereocenters. The Morgan fingerprint density at radius 2 is 1.93 bits per heavy atom. The Morgan fingerprint density at radius 1 is 1.17 bits per heavy atom. The van der Waals surface area contributed by atoms with E-state index in [-0.39, 0.29) is 5.91 Å². The van der Waals surface area contributed by atoms with Gasteiger partial charge in [-0.3, -0.25) is 4.79 Å². The fraction of sp³-hybridized carbons (Fsp3) is 0.300. The summed E-state index contributed by atoms with van der Waals surface area (Å²) in [4.78, 5) is 25.6. The number of aryl methyl sites for hydroxylation is 2. The number of rotatable bonds is 6. The Labute approximate surface area is 183 Å². The van der Waals surface area contributed by atoms with Gasteiger partial charge in [0, 0.05) is 6.07 Å². The van der Waals surface area contributed by atoms with Crippen LogP contribution in [0.3, 0.4) is 0 Å². The minimum absolute atomic E-state index is 0.269. The van der Waals surface area contributed by atoms with Crippen molar-refractivity contribution in [2.24, 2.45) is 5.92 Å². The van der Waals surface area contributed by atoms with Crippen molar-refractivity contribution in [1.82, 2.24) is 15.0 Å². The molecule has 0 radical (unpaired) electrons. The minimum Gasteiger partial charge on any atom is -0.320 e. The summed E-state index contributed by atoms with van der Waals surface area (Å²) in [5.41, 5.74) is 2.70. The van der Waals surface area contributed by atoms with Crippen LogP contribution in [0.2, 0.25) is 10.2 Å². The van der Waals surface area contributed by atoms with E-state index in [2.05, 4.69) is 45.5 Å². The van der Waals surface area contributed by atoms with Crippen molar-refractivity contribution in [3.8, 4) is 0 Å². The van der Waals surface area contributed by atoms with E-state index in [1.54, 1.807) is 13.0 Å². The first-order valence-electron chi connectivity index (χ1n) is 9.05. The largest absolute Gasteiger partial charge is 0.320 e. The summed E-state index contributed by atoms with van der Waals surface area (Å²) in [7, 11) is 0. The Kier molecular flexibility index (Phi) is 6.72. The molecule has 152 valence electrons. The molecule has 0 saturated heterocycles. The lowest BCUT2D eigenvalue weighted by Gasteiger charge is -2.13. The third kappa shape index (κ3) is 5.65. The van der Waals surface area contributed by atoms with E-state index < -0.39 is 0 Å². The van der Waals surface area contributed by atoms with Crippen LogP contribution in [0, 0.1) is 19.8 Å². The Morgan fingerprint density at radius 3 is 2.59 bits per heavy atom. The molecule has 0 aliphatic rings. The molecule has 0 aliphatic heterocycles. The van der Waals surface area contributed by atoms with E-state index in [0.717, 1.165) is 17.5 Å².